The van der Waals surface area contributed by atoms with Crippen LogP contribution in [0.2, 0.25) is 0 Å². The zero-order valence-corrected chi connectivity index (χ0v) is 14.8. The second-order valence-corrected chi connectivity index (χ2v) is 8.64. The first kappa shape index (κ1) is 17.3. The minimum absolute atomic E-state index is 0.282. The number of unbranched alkanes of at least 4 members (excludes halogenated alkanes) is 3. The molecule has 2 fully saturated rings. The van der Waals surface area contributed by atoms with Crippen LogP contribution in [0.15, 0.2) is 0 Å². The van der Waals surface area contributed by atoms with E-state index in [1.54, 1.807) is 0 Å². The minimum Gasteiger partial charge on any atom is -0.312 e. The van der Waals surface area contributed by atoms with Crippen molar-refractivity contribution in [1.82, 2.24) is 10.2 Å². The molecule has 0 radical (unpaired) electrons. The molecule has 1 saturated carbocycles. The van der Waals surface area contributed by atoms with Gasteiger partial charge in [0.15, 0.2) is 0 Å². The molecule has 1 aliphatic carbocycles. The highest BCUT2D eigenvalue weighted by atomic mass is 15.1. The maximum absolute atomic E-state index is 3.58. The summed E-state index contributed by atoms with van der Waals surface area (Å²) in [5.74, 6) is 0. The molecule has 1 heterocycles. The third-order valence-electron chi connectivity index (χ3n) is 5.64. The van der Waals surface area contributed by atoms with E-state index in [2.05, 4.69) is 31.0 Å². The molecule has 0 aromatic heterocycles. The topological polar surface area (TPSA) is 15.3 Å². The summed E-state index contributed by atoms with van der Waals surface area (Å²) in [7, 11) is 0. The smallest absolute Gasteiger partial charge is 0.00965 e. The van der Waals surface area contributed by atoms with Crippen LogP contribution < -0.4 is 5.32 Å². The van der Waals surface area contributed by atoms with Crippen LogP contribution in [-0.2, 0) is 0 Å². The lowest BCUT2D eigenvalue weighted by atomic mass is 9.77. The number of nitrogens with one attached hydrogen (secondary N) is 1. The largest absolute Gasteiger partial charge is 0.312 e. The van der Waals surface area contributed by atoms with Crippen LogP contribution in [0.25, 0.3) is 0 Å². The van der Waals surface area contributed by atoms with Crippen molar-refractivity contribution in [1.29, 1.82) is 0 Å². The first-order valence-electron chi connectivity index (χ1n) is 9.47. The molecule has 0 unspecified atom stereocenters. The molecular weight excluding hydrogens is 256 g/mol. The first-order valence-corrected chi connectivity index (χ1v) is 9.47. The molecule has 0 atom stereocenters. The summed E-state index contributed by atoms with van der Waals surface area (Å²) >= 11 is 0. The van der Waals surface area contributed by atoms with Crippen LogP contribution in [0.3, 0.4) is 0 Å². The van der Waals surface area contributed by atoms with Crippen LogP contribution in [-0.4, -0.2) is 36.6 Å². The molecule has 1 N–H and O–H groups in total. The van der Waals surface area contributed by atoms with E-state index in [0.29, 0.717) is 0 Å². The number of hydrogen-bond donors (Lipinski definition) is 1. The molecule has 124 valence electrons. The fraction of sp³-hybridized carbons (Fsp3) is 1.00. The molecule has 0 aromatic rings. The molecule has 1 aliphatic heterocycles. The van der Waals surface area contributed by atoms with E-state index in [1.807, 2.05) is 0 Å². The summed E-state index contributed by atoms with van der Waals surface area (Å²) in [5, 5.41) is 3.58. The summed E-state index contributed by atoms with van der Waals surface area (Å²) < 4.78 is 0. The molecule has 1 spiro atoms. The Balaban J connectivity index is 1.45. The summed E-state index contributed by atoms with van der Waals surface area (Å²) in [6.07, 6.45) is 14.6. The molecule has 2 aliphatic rings. The van der Waals surface area contributed by atoms with Gasteiger partial charge in [-0.25, -0.2) is 0 Å². The number of rotatable bonds is 7. The highest BCUT2D eigenvalue weighted by molar-refractivity contribution is 4.89. The van der Waals surface area contributed by atoms with Crippen molar-refractivity contribution in [3.8, 4) is 0 Å². The Morgan fingerprint density at radius 3 is 2.10 bits per heavy atom. The van der Waals surface area contributed by atoms with E-state index in [1.165, 1.54) is 90.4 Å². The van der Waals surface area contributed by atoms with E-state index in [4.69, 9.17) is 0 Å². The second kappa shape index (κ2) is 7.97. The predicted octanol–water partition coefficient (Wildman–Crippen LogP) is 4.59. The van der Waals surface area contributed by atoms with E-state index < -0.39 is 0 Å². The summed E-state index contributed by atoms with van der Waals surface area (Å²) in [6.45, 7) is 12.0. The number of piperidine rings is 1. The van der Waals surface area contributed by atoms with Gasteiger partial charge in [0.05, 0.1) is 0 Å². The van der Waals surface area contributed by atoms with Crippen LogP contribution >= 0.6 is 0 Å². The lowest BCUT2D eigenvalue weighted by molar-refractivity contribution is 0.107. The SMILES string of the molecule is CC(C)(C)NCCCCCCN1CCC2(CCCC2)CC1. The van der Waals surface area contributed by atoms with Gasteiger partial charge in [0.1, 0.15) is 0 Å². The highest BCUT2D eigenvalue weighted by Gasteiger charge is 2.36. The van der Waals surface area contributed by atoms with Crippen molar-refractivity contribution in [3.63, 3.8) is 0 Å². The van der Waals surface area contributed by atoms with E-state index in [9.17, 15) is 0 Å². The Kier molecular flexibility index (Phi) is 6.55. The van der Waals surface area contributed by atoms with Crippen molar-refractivity contribution < 1.29 is 0 Å². The molecule has 0 bridgehead atoms. The van der Waals surface area contributed by atoms with Crippen LogP contribution in [0.4, 0.5) is 0 Å². The van der Waals surface area contributed by atoms with Gasteiger partial charge in [-0.2, -0.15) is 0 Å². The van der Waals surface area contributed by atoms with Gasteiger partial charge in [0.25, 0.3) is 0 Å². The molecule has 2 nitrogen and oxygen atoms in total. The third kappa shape index (κ3) is 6.28. The van der Waals surface area contributed by atoms with Crippen molar-refractivity contribution in [2.75, 3.05) is 26.2 Å². The molecule has 0 amide bonds. The van der Waals surface area contributed by atoms with Gasteiger partial charge in [-0.3, -0.25) is 0 Å². The Labute approximate surface area is 133 Å². The zero-order chi connectivity index (χ0) is 15.2. The molecule has 2 heteroatoms. The number of likely N-dealkylation sites (tertiary alicyclic amines) is 1. The Morgan fingerprint density at radius 1 is 0.857 bits per heavy atom. The summed E-state index contributed by atoms with van der Waals surface area (Å²) in [5.41, 5.74) is 1.07. The third-order valence-corrected chi connectivity index (χ3v) is 5.64. The van der Waals surface area contributed by atoms with Gasteiger partial charge in [0, 0.05) is 5.54 Å². The van der Waals surface area contributed by atoms with Crippen LogP contribution in [0, 0.1) is 5.41 Å². The maximum atomic E-state index is 3.58. The number of nitrogens with zero attached hydrogens (tertiary/aromatic N) is 1. The molecular formula is C19H38N2. The monoisotopic (exact) mass is 294 g/mol. The first-order chi connectivity index (χ1) is 9.99. The fourth-order valence-electron chi connectivity index (χ4n) is 4.15. The van der Waals surface area contributed by atoms with Gasteiger partial charge in [-0.1, -0.05) is 25.7 Å². The van der Waals surface area contributed by atoms with Crippen LogP contribution in [0.5, 0.6) is 0 Å². The Hall–Kier alpha value is -0.0800. The molecule has 21 heavy (non-hydrogen) atoms. The van der Waals surface area contributed by atoms with Crippen molar-refractivity contribution in [3.05, 3.63) is 0 Å². The predicted molar refractivity (Wildman–Crippen MR) is 92.8 cm³/mol. The average Bonchev–Trinajstić information content (AvgIpc) is 2.87. The van der Waals surface area contributed by atoms with Crippen molar-refractivity contribution in [2.45, 2.75) is 90.5 Å². The van der Waals surface area contributed by atoms with E-state index in [-0.39, 0.29) is 5.54 Å². The van der Waals surface area contributed by atoms with Gasteiger partial charge < -0.3 is 10.2 Å². The van der Waals surface area contributed by atoms with Crippen molar-refractivity contribution in [2.24, 2.45) is 5.41 Å². The van der Waals surface area contributed by atoms with Gasteiger partial charge in [-0.05, 0) is 90.9 Å². The molecule has 0 aromatic carbocycles. The van der Waals surface area contributed by atoms with Crippen molar-refractivity contribution >= 4 is 0 Å². The van der Waals surface area contributed by atoms with Gasteiger partial charge in [-0.15, -0.1) is 0 Å². The normalized spacial score (nSPS) is 23.0. The second-order valence-electron chi connectivity index (χ2n) is 8.64. The number of hydrogen-bond acceptors (Lipinski definition) is 2. The minimum atomic E-state index is 0.282. The van der Waals surface area contributed by atoms with Gasteiger partial charge in [0.2, 0.25) is 0 Å². The summed E-state index contributed by atoms with van der Waals surface area (Å²) in [6, 6.07) is 0. The lowest BCUT2D eigenvalue weighted by Gasteiger charge is -2.39. The van der Waals surface area contributed by atoms with E-state index >= 15 is 0 Å². The van der Waals surface area contributed by atoms with Crippen LogP contribution in [0.1, 0.15) is 85.0 Å². The average molecular weight is 295 g/mol. The standard InChI is InChI=1S/C19H38N2/c1-18(2,3)20-14-8-4-5-9-15-21-16-12-19(13-17-21)10-6-7-11-19/h20H,4-17H2,1-3H3. The summed E-state index contributed by atoms with van der Waals surface area (Å²) in [4.78, 5) is 2.73. The lowest BCUT2D eigenvalue weighted by Crippen LogP contribution is -2.39. The Bertz CT molecular complexity index is 276. The maximum Gasteiger partial charge on any atom is 0.00965 e. The Morgan fingerprint density at radius 2 is 1.48 bits per heavy atom. The van der Waals surface area contributed by atoms with Gasteiger partial charge >= 0.3 is 0 Å². The molecule has 2 rings (SSSR count). The fourth-order valence-corrected chi connectivity index (χ4v) is 4.15. The highest BCUT2D eigenvalue weighted by Crippen LogP contribution is 2.46. The molecule has 1 saturated heterocycles. The quantitative estimate of drug-likeness (QED) is 0.691. The van der Waals surface area contributed by atoms with E-state index in [0.717, 1.165) is 5.41 Å². The zero-order valence-electron chi connectivity index (χ0n) is 14.8.